The summed E-state index contributed by atoms with van der Waals surface area (Å²) in [6, 6.07) is 17.9. The second-order valence-electron chi connectivity index (χ2n) is 6.36. The fraction of sp³-hybridized carbons (Fsp3) is 0.318. The van der Waals surface area contributed by atoms with Crippen LogP contribution in [0.5, 0.6) is 0 Å². The zero-order chi connectivity index (χ0) is 20.7. The molecule has 2 aromatic carbocycles. The van der Waals surface area contributed by atoms with Gasteiger partial charge in [-0.15, -0.1) is 0 Å². The molecule has 29 heavy (non-hydrogen) atoms. The number of amides is 2. The molecule has 0 spiro atoms. The second-order valence-corrected chi connectivity index (χ2v) is 6.36. The lowest BCUT2D eigenvalue weighted by atomic mass is 10.1. The van der Waals surface area contributed by atoms with Crippen molar-refractivity contribution < 1.29 is 23.9 Å². The fourth-order valence-corrected chi connectivity index (χ4v) is 2.51. The molecule has 2 amide bonds. The predicted octanol–water partition coefficient (Wildman–Crippen LogP) is 3.49. The van der Waals surface area contributed by atoms with Crippen LogP contribution >= 0.6 is 0 Å². The smallest absolute Gasteiger partial charge is 0.408 e. The Balaban J connectivity index is 1.53. The molecule has 1 radical (unpaired) electrons. The summed E-state index contributed by atoms with van der Waals surface area (Å²) in [6.07, 6.45) is 2.31. The van der Waals surface area contributed by atoms with Crippen molar-refractivity contribution in [3.05, 3.63) is 71.8 Å². The van der Waals surface area contributed by atoms with E-state index < -0.39 is 18.2 Å². The zero-order valence-electron chi connectivity index (χ0n) is 16.1. The number of unbranched alkanes of at least 4 members (excludes halogenated alkanes) is 1. The van der Waals surface area contributed by atoms with E-state index in [1.54, 1.807) is 6.29 Å². The summed E-state index contributed by atoms with van der Waals surface area (Å²) in [4.78, 5) is 34.4. The first-order valence-electron chi connectivity index (χ1n) is 9.47. The van der Waals surface area contributed by atoms with Crippen LogP contribution in [-0.2, 0) is 27.5 Å². The monoisotopic (exact) mass is 397 g/mol. The molecule has 0 saturated carbocycles. The van der Waals surface area contributed by atoms with E-state index in [-0.39, 0.29) is 13.2 Å². The number of ether oxygens (including phenoxy) is 2. The summed E-state index contributed by atoms with van der Waals surface area (Å²) in [5.74, 6) is 0. The van der Waals surface area contributed by atoms with E-state index in [1.165, 1.54) is 0 Å². The van der Waals surface area contributed by atoms with E-state index in [0.717, 1.165) is 11.1 Å². The van der Waals surface area contributed by atoms with E-state index in [2.05, 4.69) is 10.6 Å². The van der Waals surface area contributed by atoms with Crippen molar-refractivity contribution in [3.8, 4) is 0 Å². The molecule has 0 unspecified atom stereocenters. The number of alkyl carbamates (subject to hydrolysis) is 2. The van der Waals surface area contributed by atoms with Crippen molar-refractivity contribution in [2.45, 2.75) is 38.5 Å². The third-order valence-corrected chi connectivity index (χ3v) is 4.05. The summed E-state index contributed by atoms with van der Waals surface area (Å²) in [5.41, 5.74) is 1.77. The lowest BCUT2D eigenvalue weighted by molar-refractivity contribution is 0.137. The molecular weight excluding hydrogens is 372 g/mol. The second kappa shape index (κ2) is 12.9. The van der Waals surface area contributed by atoms with Crippen LogP contribution in [0.1, 0.15) is 30.4 Å². The summed E-state index contributed by atoms with van der Waals surface area (Å²) in [7, 11) is 0. The number of benzene rings is 2. The molecule has 7 heteroatoms. The van der Waals surface area contributed by atoms with E-state index >= 15 is 0 Å². The molecule has 2 aromatic rings. The highest BCUT2D eigenvalue weighted by molar-refractivity contribution is 5.73. The first-order chi connectivity index (χ1) is 14.2. The highest BCUT2D eigenvalue weighted by Gasteiger charge is 2.13. The minimum absolute atomic E-state index is 0.132. The summed E-state index contributed by atoms with van der Waals surface area (Å²) in [6.45, 7) is 0.759. The molecule has 0 bridgehead atoms. The van der Waals surface area contributed by atoms with Gasteiger partial charge in [-0.1, -0.05) is 60.7 Å². The number of carbonyl (C=O) groups is 2. The average Bonchev–Trinajstić information content (AvgIpc) is 2.76. The van der Waals surface area contributed by atoms with Crippen LogP contribution in [0.4, 0.5) is 9.59 Å². The molecule has 0 aliphatic carbocycles. The van der Waals surface area contributed by atoms with Gasteiger partial charge in [0.2, 0.25) is 6.29 Å². The Labute approximate surface area is 170 Å². The van der Waals surface area contributed by atoms with Gasteiger partial charge in [0.15, 0.2) is 0 Å². The maximum atomic E-state index is 11.8. The maximum Gasteiger partial charge on any atom is 0.408 e. The molecule has 0 fully saturated rings. The minimum Gasteiger partial charge on any atom is -0.445 e. The number of carbonyl (C=O) groups excluding carboxylic acids is 3. The van der Waals surface area contributed by atoms with Crippen molar-refractivity contribution in [1.29, 1.82) is 0 Å². The molecule has 0 saturated heterocycles. The van der Waals surface area contributed by atoms with Crippen LogP contribution in [0.3, 0.4) is 0 Å². The Morgan fingerprint density at radius 2 is 1.38 bits per heavy atom. The SMILES string of the molecule is O=[C][C@H](CCCCNC(=O)OCc1ccccc1)NC(=O)OCc1ccccc1. The first-order valence-corrected chi connectivity index (χ1v) is 9.47. The van der Waals surface area contributed by atoms with E-state index in [4.69, 9.17) is 9.47 Å². The topological polar surface area (TPSA) is 93.7 Å². The van der Waals surface area contributed by atoms with Crippen molar-refractivity contribution in [1.82, 2.24) is 10.6 Å². The van der Waals surface area contributed by atoms with Gasteiger partial charge in [0.1, 0.15) is 13.2 Å². The largest absolute Gasteiger partial charge is 0.445 e. The number of hydrogen-bond acceptors (Lipinski definition) is 5. The predicted molar refractivity (Wildman–Crippen MR) is 108 cm³/mol. The molecule has 2 rings (SSSR count). The highest BCUT2D eigenvalue weighted by atomic mass is 16.6. The van der Waals surface area contributed by atoms with Crippen molar-refractivity contribution in [2.75, 3.05) is 6.54 Å². The van der Waals surface area contributed by atoms with Gasteiger partial charge in [-0.2, -0.15) is 0 Å². The highest BCUT2D eigenvalue weighted by Crippen LogP contribution is 2.03. The molecule has 1 atom stereocenters. The third-order valence-electron chi connectivity index (χ3n) is 4.05. The average molecular weight is 397 g/mol. The van der Waals surface area contributed by atoms with Gasteiger partial charge in [0, 0.05) is 6.54 Å². The van der Waals surface area contributed by atoms with Crippen LogP contribution in [-0.4, -0.2) is 31.1 Å². The summed E-state index contributed by atoms with van der Waals surface area (Å²) in [5, 5.41) is 5.13. The van der Waals surface area contributed by atoms with Crippen LogP contribution in [0.15, 0.2) is 60.7 Å². The number of rotatable bonds is 11. The summed E-state index contributed by atoms with van der Waals surface area (Å²) >= 11 is 0. The van der Waals surface area contributed by atoms with Crippen molar-refractivity contribution in [2.24, 2.45) is 0 Å². The quantitative estimate of drug-likeness (QED) is 0.566. The van der Waals surface area contributed by atoms with Gasteiger partial charge in [0.05, 0.1) is 6.04 Å². The minimum atomic E-state index is -0.747. The Morgan fingerprint density at radius 3 is 1.93 bits per heavy atom. The molecular formula is C22H25N2O5. The lowest BCUT2D eigenvalue weighted by Crippen LogP contribution is -2.36. The van der Waals surface area contributed by atoms with Gasteiger partial charge in [-0.3, -0.25) is 4.79 Å². The van der Waals surface area contributed by atoms with Crippen LogP contribution in [0.25, 0.3) is 0 Å². The first kappa shape index (κ1) is 21.9. The molecule has 7 nitrogen and oxygen atoms in total. The van der Waals surface area contributed by atoms with E-state index in [9.17, 15) is 14.4 Å². The molecule has 0 aliphatic rings. The van der Waals surface area contributed by atoms with Crippen molar-refractivity contribution in [3.63, 3.8) is 0 Å². The molecule has 0 heterocycles. The Hall–Kier alpha value is -3.35. The normalized spacial score (nSPS) is 11.2. The summed E-state index contributed by atoms with van der Waals surface area (Å²) < 4.78 is 10.2. The number of nitrogens with one attached hydrogen (secondary N) is 2. The lowest BCUT2D eigenvalue weighted by Gasteiger charge is -2.12. The van der Waals surface area contributed by atoms with Gasteiger partial charge in [-0.05, 0) is 30.4 Å². The van der Waals surface area contributed by atoms with E-state index in [0.29, 0.717) is 25.8 Å². The third kappa shape index (κ3) is 9.41. The van der Waals surface area contributed by atoms with Crippen LogP contribution in [0, 0.1) is 0 Å². The maximum absolute atomic E-state index is 11.8. The van der Waals surface area contributed by atoms with Crippen LogP contribution in [0.2, 0.25) is 0 Å². The van der Waals surface area contributed by atoms with Gasteiger partial charge in [-0.25, -0.2) is 9.59 Å². The molecule has 0 aliphatic heterocycles. The molecule has 0 aromatic heterocycles. The zero-order valence-corrected chi connectivity index (χ0v) is 16.1. The van der Waals surface area contributed by atoms with E-state index in [1.807, 2.05) is 60.7 Å². The Bertz CT molecular complexity index is 752. The fourth-order valence-electron chi connectivity index (χ4n) is 2.51. The van der Waals surface area contributed by atoms with Gasteiger partial charge in [0.25, 0.3) is 0 Å². The van der Waals surface area contributed by atoms with Crippen molar-refractivity contribution >= 4 is 18.5 Å². The number of hydrogen-bond donors (Lipinski definition) is 2. The standard InChI is InChI=1S/C22H25N2O5/c25-15-20(24-22(27)29-17-19-11-5-2-6-12-19)13-7-8-14-23-21(26)28-16-18-9-3-1-4-10-18/h1-6,9-12,20H,7-8,13-14,16-17H2,(H,23,26)(H,24,27)/t20-/m0/s1. The Morgan fingerprint density at radius 1 is 0.828 bits per heavy atom. The Kier molecular flexibility index (Phi) is 9.79. The van der Waals surface area contributed by atoms with Crippen LogP contribution < -0.4 is 10.6 Å². The molecule has 2 N–H and O–H groups in total. The van der Waals surface area contributed by atoms with Gasteiger partial charge < -0.3 is 20.1 Å². The molecule has 153 valence electrons. The van der Waals surface area contributed by atoms with Gasteiger partial charge >= 0.3 is 12.2 Å².